The van der Waals surface area contributed by atoms with Gasteiger partial charge in [-0.3, -0.25) is 4.79 Å². The maximum atomic E-state index is 12.1. The Morgan fingerprint density at radius 2 is 1.86 bits per heavy atom. The average Bonchev–Trinajstić information content (AvgIpc) is 3.50. The molecule has 0 bridgehead atoms. The molecule has 6 nitrogen and oxygen atoms in total. The number of ether oxygens (including phenoxy) is 1. The molecule has 0 radical (unpaired) electrons. The summed E-state index contributed by atoms with van der Waals surface area (Å²) in [6, 6.07) is 16.2. The van der Waals surface area contributed by atoms with Gasteiger partial charge >= 0.3 is 0 Å². The normalized spacial score (nSPS) is 13.9. The SMILES string of the molecule is Cc1ccccc1CN=C(NCC(=O)NC1CC1)Nc1ccc(OC(C)C)cc1. The summed E-state index contributed by atoms with van der Waals surface area (Å²) in [7, 11) is 0. The number of hydrogen-bond donors (Lipinski definition) is 3. The molecular formula is C23H30N4O2. The summed E-state index contributed by atoms with van der Waals surface area (Å²) in [4.78, 5) is 16.7. The first-order valence-corrected chi connectivity index (χ1v) is 10.2. The number of nitrogens with zero attached hydrogens (tertiary/aromatic N) is 1. The second-order valence-corrected chi connectivity index (χ2v) is 7.60. The van der Waals surface area contributed by atoms with Crippen LogP contribution in [-0.2, 0) is 11.3 Å². The third kappa shape index (κ3) is 7.14. The Balaban J connectivity index is 1.66. The van der Waals surface area contributed by atoms with Gasteiger partial charge in [0.1, 0.15) is 5.75 Å². The number of nitrogens with one attached hydrogen (secondary N) is 3. The van der Waals surface area contributed by atoms with Crippen LogP contribution in [0.25, 0.3) is 0 Å². The van der Waals surface area contributed by atoms with Gasteiger partial charge < -0.3 is 20.7 Å². The van der Waals surface area contributed by atoms with Gasteiger partial charge in [-0.15, -0.1) is 0 Å². The number of aryl methyl sites for hydroxylation is 1. The fourth-order valence-corrected chi connectivity index (χ4v) is 2.79. The molecule has 0 unspecified atom stereocenters. The highest BCUT2D eigenvalue weighted by atomic mass is 16.5. The molecule has 2 aromatic rings. The van der Waals surface area contributed by atoms with E-state index >= 15 is 0 Å². The van der Waals surface area contributed by atoms with Crippen molar-refractivity contribution in [3.05, 3.63) is 59.7 Å². The molecular weight excluding hydrogens is 364 g/mol. The number of benzene rings is 2. The van der Waals surface area contributed by atoms with Crippen LogP contribution in [0.4, 0.5) is 5.69 Å². The lowest BCUT2D eigenvalue weighted by Gasteiger charge is -2.14. The fraction of sp³-hybridized carbons (Fsp3) is 0.391. The van der Waals surface area contributed by atoms with E-state index in [-0.39, 0.29) is 18.6 Å². The standard InChI is InChI=1S/C23H30N4O2/c1-16(2)29-21-12-10-20(11-13-21)27-23(25-15-22(28)26-19-8-9-19)24-14-18-7-5-4-6-17(18)3/h4-7,10-13,16,19H,8-9,14-15H2,1-3H3,(H,26,28)(H2,24,25,27). The topological polar surface area (TPSA) is 74.8 Å². The van der Waals surface area contributed by atoms with Crippen LogP contribution in [0.3, 0.4) is 0 Å². The molecule has 1 amide bonds. The minimum Gasteiger partial charge on any atom is -0.491 e. The first-order valence-electron chi connectivity index (χ1n) is 10.2. The van der Waals surface area contributed by atoms with Crippen LogP contribution in [0.1, 0.15) is 37.8 Å². The molecule has 0 spiro atoms. The van der Waals surface area contributed by atoms with E-state index in [0.717, 1.165) is 29.8 Å². The first kappa shape index (κ1) is 20.7. The summed E-state index contributed by atoms with van der Waals surface area (Å²) in [5.74, 6) is 1.37. The van der Waals surface area contributed by atoms with Crippen molar-refractivity contribution in [2.45, 2.75) is 52.3 Å². The lowest BCUT2D eigenvalue weighted by atomic mass is 10.1. The number of anilines is 1. The molecule has 0 atom stereocenters. The Kier molecular flexibility index (Phi) is 7.11. The predicted octanol–water partition coefficient (Wildman–Crippen LogP) is 3.62. The Morgan fingerprint density at radius 3 is 2.52 bits per heavy atom. The number of amides is 1. The molecule has 0 aromatic heterocycles. The number of rotatable bonds is 8. The van der Waals surface area contributed by atoms with E-state index in [1.54, 1.807) is 0 Å². The van der Waals surface area contributed by atoms with E-state index < -0.39 is 0 Å². The molecule has 1 aliphatic rings. The number of guanidine groups is 1. The van der Waals surface area contributed by atoms with Crippen LogP contribution < -0.4 is 20.7 Å². The van der Waals surface area contributed by atoms with Gasteiger partial charge in [0, 0.05) is 11.7 Å². The van der Waals surface area contributed by atoms with Crippen molar-refractivity contribution in [2.24, 2.45) is 4.99 Å². The van der Waals surface area contributed by atoms with Crippen LogP contribution in [0.15, 0.2) is 53.5 Å². The molecule has 1 saturated carbocycles. The van der Waals surface area contributed by atoms with E-state index in [0.29, 0.717) is 18.5 Å². The summed E-state index contributed by atoms with van der Waals surface area (Å²) >= 11 is 0. The molecule has 154 valence electrons. The lowest BCUT2D eigenvalue weighted by Crippen LogP contribution is -2.40. The van der Waals surface area contributed by atoms with Crippen molar-refractivity contribution < 1.29 is 9.53 Å². The number of carbonyl (C=O) groups excluding carboxylic acids is 1. The second-order valence-electron chi connectivity index (χ2n) is 7.60. The van der Waals surface area contributed by atoms with Crippen molar-refractivity contribution >= 4 is 17.6 Å². The van der Waals surface area contributed by atoms with Crippen LogP contribution in [0.2, 0.25) is 0 Å². The van der Waals surface area contributed by atoms with Gasteiger partial charge in [0.15, 0.2) is 5.96 Å². The maximum Gasteiger partial charge on any atom is 0.239 e. The highest BCUT2D eigenvalue weighted by molar-refractivity contribution is 5.96. The van der Waals surface area contributed by atoms with Gasteiger partial charge in [0.25, 0.3) is 0 Å². The number of aliphatic imine (C=N–C) groups is 1. The van der Waals surface area contributed by atoms with E-state index in [1.165, 1.54) is 5.56 Å². The van der Waals surface area contributed by atoms with Gasteiger partial charge in [0.2, 0.25) is 5.91 Å². The molecule has 3 N–H and O–H groups in total. The van der Waals surface area contributed by atoms with E-state index in [1.807, 2.05) is 50.2 Å². The number of hydrogen-bond acceptors (Lipinski definition) is 3. The van der Waals surface area contributed by atoms with Crippen molar-refractivity contribution in [3.8, 4) is 5.75 Å². The number of carbonyl (C=O) groups is 1. The van der Waals surface area contributed by atoms with Crippen LogP contribution >= 0.6 is 0 Å². The van der Waals surface area contributed by atoms with Gasteiger partial charge in [-0.25, -0.2) is 4.99 Å². The largest absolute Gasteiger partial charge is 0.491 e. The summed E-state index contributed by atoms with van der Waals surface area (Å²) in [5, 5.41) is 9.39. The van der Waals surface area contributed by atoms with Crippen LogP contribution in [0, 0.1) is 6.92 Å². The van der Waals surface area contributed by atoms with Crippen molar-refractivity contribution in [1.29, 1.82) is 0 Å². The van der Waals surface area contributed by atoms with E-state index in [2.05, 4.69) is 40.0 Å². The lowest BCUT2D eigenvalue weighted by molar-refractivity contribution is -0.120. The molecule has 29 heavy (non-hydrogen) atoms. The molecule has 0 heterocycles. The summed E-state index contributed by atoms with van der Waals surface area (Å²) in [5.41, 5.74) is 3.22. The first-order chi connectivity index (χ1) is 14.0. The molecule has 0 aliphatic heterocycles. The third-order valence-corrected chi connectivity index (χ3v) is 4.52. The van der Waals surface area contributed by atoms with Gasteiger partial charge in [-0.05, 0) is 69.0 Å². The molecule has 1 aliphatic carbocycles. The van der Waals surface area contributed by atoms with Gasteiger partial charge in [-0.2, -0.15) is 0 Å². The zero-order valence-corrected chi connectivity index (χ0v) is 17.4. The highest BCUT2D eigenvalue weighted by Gasteiger charge is 2.23. The summed E-state index contributed by atoms with van der Waals surface area (Å²) < 4.78 is 5.69. The molecule has 0 saturated heterocycles. The smallest absolute Gasteiger partial charge is 0.239 e. The Bertz CT molecular complexity index is 842. The maximum absolute atomic E-state index is 12.1. The zero-order valence-electron chi connectivity index (χ0n) is 17.4. The summed E-state index contributed by atoms with van der Waals surface area (Å²) in [6.45, 7) is 6.78. The van der Waals surface area contributed by atoms with Crippen LogP contribution in [-0.4, -0.2) is 30.6 Å². The van der Waals surface area contributed by atoms with Gasteiger partial charge in [0.05, 0.1) is 19.2 Å². The highest BCUT2D eigenvalue weighted by Crippen LogP contribution is 2.18. The molecule has 6 heteroatoms. The van der Waals surface area contributed by atoms with Crippen LogP contribution in [0.5, 0.6) is 5.75 Å². The van der Waals surface area contributed by atoms with Crippen molar-refractivity contribution in [1.82, 2.24) is 10.6 Å². The second kappa shape index (κ2) is 9.96. The monoisotopic (exact) mass is 394 g/mol. The van der Waals surface area contributed by atoms with E-state index in [4.69, 9.17) is 4.74 Å². The van der Waals surface area contributed by atoms with Gasteiger partial charge in [-0.1, -0.05) is 24.3 Å². The van der Waals surface area contributed by atoms with E-state index in [9.17, 15) is 4.79 Å². The molecule has 1 fully saturated rings. The molecule has 2 aromatic carbocycles. The minimum atomic E-state index is -0.0152. The Hall–Kier alpha value is -3.02. The molecule has 3 rings (SSSR count). The quantitative estimate of drug-likeness (QED) is 0.472. The fourth-order valence-electron chi connectivity index (χ4n) is 2.79. The van der Waals surface area contributed by atoms with Crippen molar-refractivity contribution in [3.63, 3.8) is 0 Å². The third-order valence-electron chi connectivity index (χ3n) is 4.52. The Labute approximate surface area is 172 Å². The zero-order chi connectivity index (χ0) is 20.6. The van der Waals surface area contributed by atoms with Crippen molar-refractivity contribution in [2.75, 3.05) is 11.9 Å². The minimum absolute atomic E-state index is 0.0152. The average molecular weight is 395 g/mol. The Morgan fingerprint density at radius 1 is 1.14 bits per heavy atom. The predicted molar refractivity (Wildman–Crippen MR) is 117 cm³/mol. The summed E-state index contributed by atoms with van der Waals surface area (Å²) in [6.07, 6.45) is 2.28.